The summed E-state index contributed by atoms with van der Waals surface area (Å²) in [5, 5.41) is 2.91. The Balaban J connectivity index is 1.53. The highest BCUT2D eigenvalue weighted by Crippen LogP contribution is 2.39. The van der Waals surface area contributed by atoms with Crippen molar-refractivity contribution >= 4 is 11.6 Å². The molecule has 1 saturated carbocycles. The SMILES string of the molecule is Cc1ccc(C2CCC(C(C)C(=O)Nc3ccc(F)cc3)CC2)cc1. The van der Waals surface area contributed by atoms with Crippen LogP contribution in [0.1, 0.15) is 49.7 Å². The zero-order valence-electron chi connectivity index (χ0n) is 15.0. The molecule has 1 aliphatic carbocycles. The molecule has 2 aromatic carbocycles. The van der Waals surface area contributed by atoms with E-state index in [-0.39, 0.29) is 17.6 Å². The topological polar surface area (TPSA) is 29.1 Å². The number of hydrogen-bond donors (Lipinski definition) is 1. The summed E-state index contributed by atoms with van der Waals surface area (Å²) in [6.45, 7) is 4.12. The number of amides is 1. The average molecular weight is 339 g/mol. The van der Waals surface area contributed by atoms with Gasteiger partial charge in [-0.1, -0.05) is 36.8 Å². The van der Waals surface area contributed by atoms with Gasteiger partial charge in [-0.05, 0) is 74.3 Å². The number of hydrogen-bond acceptors (Lipinski definition) is 1. The van der Waals surface area contributed by atoms with Gasteiger partial charge in [-0.15, -0.1) is 0 Å². The first kappa shape index (κ1) is 17.7. The minimum atomic E-state index is -0.291. The number of halogens is 1. The predicted molar refractivity (Wildman–Crippen MR) is 100 cm³/mol. The molecule has 1 fully saturated rings. The van der Waals surface area contributed by atoms with Gasteiger partial charge in [0, 0.05) is 11.6 Å². The standard InChI is InChI=1S/C22H26FNO/c1-15-3-5-18(6-4-15)19-9-7-17(8-10-19)16(2)22(25)24-21-13-11-20(23)12-14-21/h3-6,11-14,16-17,19H,7-10H2,1-2H3,(H,24,25). The van der Waals surface area contributed by atoms with E-state index < -0.39 is 0 Å². The maximum absolute atomic E-state index is 13.0. The molecule has 2 nitrogen and oxygen atoms in total. The number of aryl methyl sites for hydroxylation is 1. The van der Waals surface area contributed by atoms with Crippen LogP contribution in [-0.4, -0.2) is 5.91 Å². The number of carbonyl (C=O) groups excluding carboxylic acids is 1. The molecule has 1 atom stereocenters. The van der Waals surface area contributed by atoms with Crippen molar-refractivity contribution in [2.24, 2.45) is 11.8 Å². The van der Waals surface area contributed by atoms with Crippen LogP contribution in [0.3, 0.4) is 0 Å². The highest BCUT2D eigenvalue weighted by Gasteiger charge is 2.29. The molecule has 0 saturated heterocycles. The second kappa shape index (κ2) is 7.81. The fraction of sp³-hybridized carbons (Fsp3) is 0.409. The van der Waals surface area contributed by atoms with Crippen LogP contribution in [0.15, 0.2) is 48.5 Å². The van der Waals surface area contributed by atoms with Crippen LogP contribution in [-0.2, 0) is 4.79 Å². The lowest BCUT2D eigenvalue weighted by atomic mass is 9.74. The Hall–Kier alpha value is -2.16. The first-order valence-electron chi connectivity index (χ1n) is 9.16. The van der Waals surface area contributed by atoms with Crippen LogP contribution in [0.2, 0.25) is 0 Å². The zero-order valence-corrected chi connectivity index (χ0v) is 15.0. The average Bonchev–Trinajstić information content (AvgIpc) is 2.64. The Morgan fingerprint density at radius 2 is 1.60 bits per heavy atom. The minimum Gasteiger partial charge on any atom is -0.326 e. The molecule has 3 rings (SSSR count). The molecule has 0 aromatic heterocycles. The molecule has 0 heterocycles. The minimum absolute atomic E-state index is 0.0241. The maximum Gasteiger partial charge on any atom is 0.227 e. The molecule has 0 bridgehead atoms. The van der Waals surface area contributed by atoms with Gasteiger partial charge in [0.25, 0.3) is 0 Å². The molecule has 0 spiro atoms. The van der Waals surface area contributed by atoms with Crippen molar-refractivity contribution in [2.75, 3.05) is 5.32 Å². The van der Waals surface area contributed by atoms with Crippen LogP contribution < -0.4 is 5.32 Å². The first-order valence-corrected chi connectivity index (χ1v) is 9.16. The number of rotatable bonds is 4. The van der Waals surface area contributed by atoms with Gasteiger partial charge >= 0.3 is 0 Å². The van der Waals surface area contributed by atoms with Crippen LogP contribution in [0.4, 0.5) is 10.1 Å². The fourth-order valence-corrected chi connectivity index (χ4v) is 3.79. The molecule has 1 aliphatic rings. The Labute approximate surface area is 149 Å². The lowest BCUT2D eigenvalue weighted by molar-refractivity contribution is -0.121. The molecule has 1 amide bonds. The van der Waals surface area contributed by atoms with E-state index in [2.05, 4.69) is 36.5 Å². The number of benzene rings is 2. The summed E-state index contributed by atoms with van der Waals surface area (Å²) in [5.74, 6) is 0.751. The van der Waals surface area contributed by atoms with E-state index in [0.717, 1.165) is 25.7 Å². The van der Waals surface area contributed by atoms with Crippen LogP contribution >= 0.6 is 0 Å². The predicted octanol–water partition coefficient (Wildman–Crippen LogP) is 5.68. The Morgan fingerprint density at radius 1 is 1.00 bits per heavy atom. The van der Waals surface area contributed by atoms with E-state index in [0.29, 0.717) is 17.5 Å². The van der Waals surface area contributed by atoms with E-state index >= 15 is 0 Å². The third-order valence-electron chi connectivity index (χ3n) is 5.55. The zero-order chi connectivity index (χ0) is 17.8. The highest BCUT2D eigenvalue weighted by atomic mass is 19.1. The normalized spacial score (nSPS) is 21.6. The van der Waals surface area contributed by atoms with Gasteiger partial charge < -0.3 is 5.32 Å². The van der Waals surface area contributed by atoms with Crippen molar-refractivity contribution in [3.63, 3.8) is 0 Å². The molecular formula is C22H26FNO. The van der Waals surface area contributed by atoms with Crippen molar-refractivity contribution in [1.29, 1.82) is 0 Å². The van der Waals surface area contributed by atoms with Crippen LogP contribution in [0.5, 0.6) is 0 Å². The maximum atomic E-state index is 13.0. The van der Waals surface area contributed by atoms with Crippen molar-refractivity contribution in [3.8, 4) is 0 Å². The molecule has 0 aliphatic heterocycles. The molecule has 132 valence electrons. The van der Waals surface area contributed by atoms with E-state index in [1.54, 1.807) is 12.1 Å². The van der Waals surface area contributed by atoms with E-state index in [9.17, 15) is 9.18 Å². The van der Waals surface area contributed by atoms with E-state index in [4.69, 9.17) is 0 Å². The van der Waals surface area contributed by atoms with Crippen molar-refractivity contribution in [1.82, 2.24) is 0 Å². The summed E-state index contributed by atoms with van der Waals surface area (Å²) in [6.07, 6.45) is 4.44. The van der Waals surface area contributed by atoms with Crippen LogP contribution in [0.25, 0.3) is 0 Å². The molecule has 0 radical (unpaired) electrons. The Kier molecular flexibility index (Phi) is 5.52. The largest absolute Gasteiger partial charge is 0.326 e. The molecule has 3 heteroatoms. The first-order chi connectivity index (χ1) is 12.0. The summed E-state index contributed by atoms with van der Waals surface area (Å²) >= 11 is 0. The summed E-state index contributed by atoms with van der Waals surface area (Å²) in [7, 11) is 0. The summed E-state index contributed by atoms with van der Waals surface area (Å²) in [4.78, 5) is 12.5. The highest BCUT2D eigenvalue weighted by molar-refractivity contribution is 5.92. The summed E-state index contributed by atoms with van der Waals surface area (Å²) < 4.78 is 13.0. The van der Waals surface area contributed by atoms with E-state index in [1.807, 2.05) is 6.92 Å². The molecular weight excluding hydrogens is 313 g/mol. The molecule has 1 unspecified atom stereocenters. The van der Waals surface area contributed by atoms with Gasteiger partial charge in [0.05, 0.1) is 0 Å². The fourth-order valence-electron chi connectivity index (χ4n) is 3.79. The van der Waals surface area contributed by atoms with Crippen molar-refractivity contribution in [3.05, 3.63) is 65.5 Å². The number of nitrogens with one attached hydrogen (secondary N) is 1. The third-order valence-corrected chi connectivity index (χ3v) is 5.55. The van der Waals surface area contributed by atoms with Gasteiger partial charge in [0.2, 0.25) is 5.91 Å². The lowest BCUT2D eigenvalue weighted by Gasteiger charge is -2.32. The van der Waals surface area contributed by atoms with Gasteiger partial charge in [-0.3, -0.25) is 4.79 Å². The van der Waals surface area contributed by atoms with Crippen LogP contribution in [0, 0.1) is 24.6 Å². The van der Waals surface area contributed by atoms with E-state index in [1.165, 1.54) is 23.3 Å². The van der Waals surface area contributed by atoms with Gasteiger partial charge in [-0.2, -0.15) is 0 Å². The second-order valence-corrected chi connectivity index (χ2v) is 7.31. The number of anilines is 1. The van der Waals surface area contributed by atoms with Gasteiger partial charge in [-0.25, -0.2) is 4.39 Å². The third kappa shape index (κ3) is 4.47. The second-order valence-electron chi connectivity index (χ2n) is 7.31. The molecule has 2 aromatic rings. The lowest BCUT2D eigenvalue weighted by Crippen LogP contribution is -2.29. The van der Waals surface area contributed by atoms with Gasteiger partial charge in [0.1, 0.15) is 5.82 Å². The smallest absolute Gasteiger partial charge is 0.227 e. The quantitative estimate of drug-likeness (QED) is 0.762. The molecule has 25 heavy (non-hydrogen) atoms. The summed E-state index contributed by atoms with van der Waals surface area (Å²) in [6, 6.07) is 14.8. The summed E-state index contributed by atoms with van der Waals surface area (Å²) in [5.41, 5.74) is 3.38. The Morgan fingerprint density at radius 3 is 2.20 bits per heavy atom. The Bertz CT molecular complexity index is 700. The van der Waals surface area contributed by atoms with Crippen molar-refractivity contribution in [2.45, 2.75) is 45.4 Å². The molecule has 1 N–H and O–H groups in total. The monoisotopic (exact) mass is 339 g/mol. The van der Waals surface area contributed by atoms with Crippen molar-refractivity contribution < 1.29 is 9.18 Å². The number of carbonyl (C=O) groups is 1. The van der Waals surface area contributed by atoms with Gasteiger partial charge in [0.15, 0.2) is 0 Å².